The van der Waals surface area contributed by atoms with Gasteiger partial charge in [-0.25, -0.2) is 0 Å². The van der Waals surface area contributed by atoms with Crippen molar-refractivity contribution in [1.29, 1.82) is 0 Å². The van der Waals surface area contributed by atoms with Crippen LogP contribution >= 0.6 is 0 Å². The minimum absolute atomic E-state index is 0.156. The molecule has 0 radical (unpaired) electrons. The van der Waals surface area contributed by atoms with Crippen LogP contribution in [0.4, 0.5) is 0 Å². The zero-order valence-corrected chi connectivity index (χ0v) is 10.9. The second kappa shape index (κ2) is 6.01. The van der Waals surface area contributed by atoms with Gasteiger partial charge in [0.25, 0.3) is 0 Å². The standard InChI is InChI=1S/C10H15NO4Se/c1-2-5-16-6-7(10(14)15)11-8(12)3-4-9(11)13/h7H,2-6H2,1H3,(H,14,15). The number of hydrogen-bond acceptors (Lipinski definition) is 3. The predicted octanol–water partition coefficient (Wildman–Crippen LogP) is 0.539. The molecule has 0 aromatic heterocycles. The summed E-state index contributed by atoms with van der Waals surface area (Å²) in [5, 5.41) is 10.4. The van der Waals surface area contributed by atoms with Crippen LogP contribution in [0.1, 0.15) is 26.2 Å². The Morgan fingerprint density at radius 1 is 1.44 bits per heavy atom. The molecule has 1 saturated heterocycles. The number of carboxylic acid groups (broad SMARTS) is 1. The van der Waals surface area contributed by atoms with Gasteiger partial charge in [0.1, 0.15) is 0 Å². The zero-order chi connectivity index (χ0) is 12.1. The number of carboxylic acids is 1. The Kier molecular flexibility index (Phi) is 4.96. The quantitative estimate of drug-likeness (QED) is 0.440. The van der Waals surface area contributed by atoms with Crippen molar-refractivity contribution in [1.82, 2.24) is 4.90 Å². The van der Waals surface area contributed by atoms with Gasteiger partial charge >= 0.3 is 100.0 Å². The normalized spacial score (nSPS) is 17.9. The molecule has 0 aromatic carbocycles. The van der Waals surface area contributed by atoms with Gasteiger partial charge in [0.2, 0.25) is 0 Å². The van der Waals surface area contributed by atoms with Gasteiger partial charge in [0.15, 0.2) is 0 Å². The van der Waals surface area contributed by atoms with E-state index in [1.54, 1.807) is 0 Å². The average Bonchev–Trinajstić information content (AvgIpc) is 2.54. The van der Waals surface area contributed by atoms with Crippen LogP contribution in [-0.2, 0) is 14.4 Å². The Morgan fingerprint density at radius 2 is 2.00 bits per heavy atom. The Balaban J connectivity index is 2.65. The van der Waals surface area contributed by atoms with Crippen molar-refractivity contribution in [3.8, 4) is 0 Å². The van der Waals surface area contributed by atoms with Crippen LogP contribution in [0.5, 0.6) is 0 Å². The van der Waals surface area contributed by atoms with Gasteiger partial charge in [-0.3, -0.25) is 0 Å². The Bertz CT molecular complexity index is 289. The number of amides is 2. The topological polar surface area (TPSA) is 74.7 Å². The van der Waals surface area contributed by atoms with Gasteiger partial charge in [-0.1, -0.05) is 0 Å². The van der Waals surface area contributed by atoms with Gasteiger partial charge in [-0.05, 0) is 0 Å². The van der Waals surface area contributed by atoms with E-state index >= 15 is 0 Å². The number of aliphatic carboxylic acids is 1. The molecule has 90 valence electrons. The first-order valence-corrected chi connectivity index (χ1v) is 7.65. The van der Waals surface area contributed by atoms with Gasteiger partial charge in [-0.2, -0.15) is 0 Å². The monoisotopic (exact) mass is 293 g/mol. The van der Waals surface area contributed by atoms with E-state index in [0.29, 0.717) is 5.32 Å². The number of carbonyl (C=O) groups excluding carboxylic acids is 2. The van der Waals surface area contributed by atoms with E-state index in [2.05, 4.69) is 0 Å². The van der Waals surface area contributed by atoms with Gasteiger partial charge in [0.05, 0.1) is 0 Å². The molecule has 2 amide bonds. The molecule has 1 fully saturated rings. The number of likely N-dealkylation sites (tertiary alicyclic amines) is 1. The predicted molar refractivity (Wildman–Crippen MR) is 58.2 cm³/mol. The number of carbonyl (C=O) groups is 3. The fraction of sp³-hybridized carbons (Fsp3) is 0.700. The van der Waals surface area contributed by atoms with E-state index in [9.17, 15) is 14.4 Å². The molecular weight excluding hydrogens is 277 g/mol. The summed E-state index contributed by atoms with van der Waals surface area (Å²) < 4.78 is 0. The first kappa shape index (κ1) is 13.2. The molecule has 1 aliphatic heterocycles. The number of hydrogen-bond donors (Lipinski definition) is 1. The van der Waals surface area contributed by atoms with E-state index in [0.717, 1.165) is 16.6 Å². The number of nitrogens with zero attached hydrogens (tertiary/aromatic N) is 1. The van der Waals surface area contributed by atoms with Crippen LogP contribution in [0.3, 0.4) is 0 Å². The van der Waals surface area contributed by atoms with Crippen LogP contribution in [0.2, 0.25) is 10.6 Å². The summed E-state index contributed by atoms with van der Waals surface area (Å²) in [5.74, 6) is -1.75. The van der Waals surface area contributed by atoms with E-state index in [1.165, 1.54) is 0 Å². The SMILES string of the molecule is CCC[Se]CC(C(=O)O)N1C(=O)CCC1=O. The molecule has 16 heavy (non-hydrogen) atoms. The van der Waals surface area contributed by atoms with Crippen molar-refractivity contribution < 1.29 is 19.5 Å². The molecular formula is C10H15NO4Se. The van der Waals surface area contributed by atoms with Crippen molar-refractivity contribution in [3.63, 3.8) is 0 Å². The van der Waals surface area contributed by atoms with Crippen LogP contribution in [-0.4, -0.2) is 48.8 Å². The molecule has 1 heterocycles. The van der Waals surface area contributed by atoms with Crippen molar-refractivity contribution in [3.05, 3.63) is 0 Å². The number of imide groups is 1. The molecule has 5 nitrogen and oxygen atoms in total. The third kappa shape index (κ3) is 3.06. The fourth-order valence-corrected chi connectivity index (χ4v) is 3.57. The molecule has 0 aliphatic carbocycles. The summed E-state index contributed by atoms with van der Waals surface area (Å²) in [7, 11) is 0. The Hall–Kier alpha value is -0.871. The zero-order valence-electron chi connectivity index (χ0n) is 9.14. The summed E-state index contributed by atoms with van der Waals surface area (Å²) in [5.41, 5.74) is 0. The van der Waals surface area contributed by atoms with Gasteiger partial charge < -0.3 is 0 Å². The summed E-state index contributed by atoms with van der Waals surface area (Å²) in [6.45, 7) is 2.03. The van der Waals surface area contributed by atoms with E-state index in [4.69, 9.17) is 5.11 Å². The first-order chi connectivity index (χ1) is 7.57. The Labute approximate surface area is 100 Å². The number of rotatable bonds is 6. The minimum atomic E-state index is -1.07. The fourth-order valence-electron chi connectivity index (χ4n) is 1.54. The maximum absolute atomic E-state index is 11.4. The van der Waals surface area contributed by atoms with Crippen molar-refractivity contribution in [2.75, 3.05) is 0 Å². The Morgan fingerprint density at radius 3 is 2.44 bits per heavy atom. The third-order valence-electron chi connectivity index (χ3n) is 2.31. The molecule has 1 N–H and O–H groups in total. The van der Waals surface area contributed by atoms with Crippen LogP contribution < -0.4 is 0 Å². The molecule has 0 spiro atoms. The summed E-state index contributed by atoms with van der Waals surface area (Å²) >= 11 is 0.182. The molecule has 0 aromatic rings. The second-order valence-corrected chi connectivity index (χ2v) is 6.00. The average molecular weight is 292 g/mol. The molecule has 0 bridgehead atoms. The van der Waals surface area contributed by atoms with Crippen LogP contribution in [0.15, 0.2) is 0 Å². The van der Waals surface area contributed by atoms with E-state index in [1.807, 2.05) is 6.92 Å². The summed E-state index contributed by atoms with van der Waals surface area (Å²) in [4.78, 5) is 34.8. The van der Waals surface area contributed by atoms with Crippen molar-refractivity contribution >= 4 is 32.7 Å². The van der Waals surface area contributed by atoms with Crippen molar-refractivity contribution in [2.24, 2.45) is 0 Å². The third-order valence-corrected chi connectivity index (χ3v) is 4.93. The maximum atomic E-state index is 11.4. The molecule has 6 heteroatoms. The molecule has 0 saturated carbocycles. The summed E-state index contributed by atoms with van der Waals surface area (Å²) in [6.07, 6.45) is 1.32. The first-order valence-electron chi connectivity index (χ1n) is 5.23. The van der Waals surface area contributed by atoms with Gasteiger partial charge in [-0.15, -0.1) is 0 Å². The second-order valence-electron chi connectivity index (χ2n) is 3.59. The van der Waals surface area contributed by atoms with Gasteiger partial charge in [0, 0.05) is 0 Å². The van der Waals surface area contributed by atoms with E-state index in [-0.39, 0.29) is 39.6 Å². The van der Waals surface area contributed by atoms with Crippen molar-refractivity contribution in [2.45, 2.75) is 42.9 Å². The molecule has 1 rings (SSSR count). The van der Waals surface area contributed by atoms with Crippen LogP contribution in [0, 0.1) is 0 Å². The molecule has 1 unspecified atom stereocenters. The summed E-state index contributed by atoms with van der Waals surface area (Å²) in [6, 6.07) is -0.936. The van der Waals surface area contributed by atoms with E-state index < -0.39 is 12.0 Å². The molecule has 1 atom stereocenters. The molecule has 1 aliphatic rings. The van der Waals surface area contributed by atoms with Crippen LogP contribution in [0.25, 0.3) is 0 Å².